The number of ketones is 1. The van der Waals surface area contributed by atoms with Crippen LogP contribution in [-0.4, -0.2) is 28.9 Å². The van der Waals surface area contributed by atoms with Gasteiger partial charge in [0.15, 0.2) is 6.10 Å². The van der Waals surface area contributed by atoms with Crippen LogP contribution in [0.1, 0.15) is 22.2 Å². The molecule has 6 nitrogen and oxygen atoms in total. The molecule has 0 aliphatic heterocycles. The molecule has 0 spiro atoms. The van der Waals surface area contributed by atoms with Crippen molar-refractivity contribution in [3.05, 3.63) is 28.6 Å². The smallest absolute Gasteiger partial charge is 0.344 e. The maximum Gasteiger partial charge on any atom is 0.344 e. The minimum atomic E-state index is -1.12. The van der Waals surface area contributed by atoms with E-state index in [1.54, 1.807) is 25.1 Å². The van der Waals surface area contributed by atoms with E-state index in [2.05, 4.69) is 0 Å². The van der Waals surface area contributed by atoms with E-state index in [0.717, 1.165) is 4.70 Å². The Morgan fingerprint density at radius 1 is 1.33 bits per heavy atom. The van der Waals surface area contributed by atoms with Gasteiger partial charge in [-0.1, -0.05) is 6.07 Å². The van der Waals surface area contributed by atoms with Gasteiger partial charge in [0.2, 0.25) is 0 Å². The first-order valence-electron chi connectivity index (χ1n) is 6.08. The number of hydrogen-bond donors (Lipinski definition) is 2. The van der Waals surface area contributed by atoms with Crippen LogP contribution in [0.5, 0.6) is 5.75 Å². The molecule has 1 heterocycles. The fraction of sp³-hybridized carbons (Fsp3) is 0.214. The van der Waals surface area contributed by atoms with Crippen LogP contribution in [0.2, 0.25) is 0 Å². The highest BCUT2D eigenvalue weighted by molar-refractivity contribution is 7.19. The molecule has 0 radical (unpaired) electrons. The number of aryl methyl sites for hydroxylation is 1. The number of thiophene rings is 1. The number of aliphatic carboxylic acids is 1. The Balaban J connectivity index is 2.64. The summed E-state index contributed by atoms with van der Waals surface area (Å²) in [4.78, 5) is 34.7. The third-order valence-corrected chi connectivity index (χ3v) is 4.03. The summed E-state index contributed by atoms with van der Waals surface area (Å²) >= 11 is 1.32. The van der Waals surface area contributed by atoms with Crippen LogP contribution in [0.25, 0.3) is 10.1 Å². The van der Waals surface area contributed by atoms with Crippen molar-refractivity contribution in [3.63, 3.8) is 0 Å². The Labute approximate surface area is 124 Å². The lowest BCUT2D eigenvalue weighted by atomic mass is 10.1. The normalized spacial score (nSPS) is 12.1. The molecule has 3 N–H and O–H groups in total. The van der Waals surface area contributed by atoms with E-state index < -0.39 is 23.8 Å². The first-order valence-corrected chi connectivity index (χ1v) is 6.90. The molecule has 0 saturated carbocycles. The number of hydrogen-bond acceptors (Lipinski definition) is 5. The fourth-order valence-electron chi connectivity index (χ4n) is 1.97. The fourth-order valence-corrected chi connectivity index (χ4v) is 3.05. The van der Waals surface area contributed by atoms with Gasteiger partial charge in [0.05, 0.1) is 5.56 Å². The molecule has 1 aromatic heterocycles. The van der Waals surface area contributed by atoms with E-state index in [1.807, 2.05) is 0 Å². The monoisotopic (exact) mass is 307 g/mol. The van der Waals surface area contributed by atoms with Crippen LogP contribution < -0.4 is 10.5 Å². The number of benzene rings is 1. The van der Waals surface area contributed by atoms with Gasteiger partial charge >= 0.3 is 5.97 Å². The molecule has 0 aliphatic carbocycles. The first-order chi connectivity index (χ1) is 9.82. The molecule has 7 heteroatoms. The summed E-state index contributed by atoms with van der Waals surface area (Å²) in [6.45, 7) is 3.08. The number of carboxylic acid groups (broad SMARTS) is 1. The maximum atomic E-state index is 12.0. The first kappa shape index (κ1) is 15.0. The summed E-state index contributed by atoms with van der Waals surface area (Å²) in [5, 5.41) is 9.35. The maximum absolute atomic E-state index is 12.0. The predicted molar refractivity (Wildman–Crippen MR) is 77.8 cm³/mol. The molecule has 2 aromatic rings. The second-order valence-electron chi connectivity index (χ2n) is 4.45. The number of carboxylic acids is 1. The average molecular weight is 307 g/mol. The zero-order chi connectivity index (χ0) is 15.7. The van der Waals surface area contributed by atoms with Gasteiger partial charge in [-0.25, -0.2) is 4.79 Å². The lowest BCUT2D eigenvalue weighted by molar-refractivity contribution is -0.144. The second kappa shape index (κ2) is 5.53. The quantitative estimate of drug-likeness (QED) is 0.646. The van der Waals surface area contributed by atoms with E-state index in [4.69, 9.17) is 15.6 Å². The van der Waals surface area contributed by atoms with Crippen molar-refractivity contribution in [3.8, 4) is 5.75 Å². The minimum absolute atomic E-state index is 0.177. The van der Waals surface area contributed by atoms with Crippen molar-refractivity contribution in [2.75, 3.05) is 0 Å². The molecule has 110 valence electrons. The van der Waals surface area contributed by atoms with Crippen LogP contribution in [0.3, 0.4) is 0 Å². The van der Waals surface area contributed by atoms with Crippen molar-refractivity contribution in [2.24, 2.45) is 5.73 Å². The van der Waals surface area contributed by atoms with Gasteiger partial charge in [-0.3, -0.25) is 9.59 Å². The van der Waals surface area contributed by atoms with Crippen LogP contribution in [0.15, 0.2) is 18.2 Å². The molecule has 0 aliphatic rings. The van der Waals surface area contributed by atoms with Crippen molar-refractivity contribution >= 4 is 39.1 Å². The number of carbonyl (C=O) groups is 3. The van der Waals surface area contributed by atoms with Gasteiger partial charge in [0.25, 0.3) is 11.7 Å². The van der Waals surface area contributed by atoms with Gasteiger partial charge in [-0.15, -0.1) is 11.3 Å². The van der Waals surface area contributed by atoms with E-state index in [1.165, 1.54) is 18.3 Å². The zero-order valence-corrected chi connectivity index (χ0v) is 12.2. The number of nitrogens with two attached hydrogens (primary N) is 1. The molecule has 1 unspecified atom stereocenters. The molecule has 0 bridgehead atoms. The Morgan fingerprint density at radius 3 is 2.57 bits per heavy atom. The SMILES string of the molecule is Cc1sc2cccc(OC(C)C(=O)O)c2c1C(=O)C(N)=O. The summed E-state index contributed by atoms with van der Waals surface area (Å²) in [5.41, 5.74) is 5.24. The summed E-state index contributed by atoms with van der Waals surface area (Å²) in [6.07, 6.45) is -1.08. The molecule has 21 heavy (non-hydrogen) atoms. The highest BCUT2D eigenvalue weighted by Crippen LogP contribution is 2.37. The van der Waals surface area contributed by atoms with Crippen LogP contribution >= 0.6 is 11.3 Å². The molecular weight excluding hydrogens is 294 g/mol. The number of amides is 1. The van der Waals surface area contributed by atoms with Gasteiger partial charge < -0.3 is 15.6 Å². The van der Waals surface area contributed by atoms with Crippen LogP contribution in [0.4, 0.5) is 0 Å². The largest absolute Gasteiger partial charge is 0.479 e. The minimum Gasteiger partial charge on any atom is -0.479 e. The van der Waals surface area contributed by atoms with Crippen LogP contribution in [0, 0.1) is 6.92 Å². The van der Waals surface area contributed by atoms with Crippen molar-refractivity contribution in [2.45, 2.75) is 20.0 Å². The number of ether oxygens (including phenoxy) is 1. The van der Waals surface area contributed by atoms with E-state index in [-0.39, 0.29) is 11.3 Å². The molecule has 0 saturated heterocycles. The molecular formula is C14H13NO5S. The third kappa shape index (κ3) is 2.73. The summed E-state index contributed by atoms with van der Waals surface area (Å²) < 4.78 is 6.10. The molecule has 0 fully saturated rings. The Hall–Kier alpha value is -2.41. The summed E-state index contributed by atoms with van der Waals surface area (Å²) in [7, 11) is 0. The highest BCUT2D eigenvalue weighted by atomic mass is 32.1. The van der Waals surface area contributed by atoms with Gasteiger partial charge in [-0.2, -0.15) is 0 Å². The molecule has 1 amide bonds. The van der Waals surface area contributed by atoms with Crippen molar-refractivity contribution < 1.29 is 24.2 Å². The standard InChI is InChI=1S/C14H13NO5S/c1-6(14(18)19)20-8-4-3-5-9-11(8)10(7(2)21-9)12(16)13(15)17/h3-6H,1-2H3,(H2,15,17)(H,18,19). The Kier molecular flexibility index (Phi) is 3.95. The number of carbonyl (C=O) groups excluding carboxylic acids is 2. The number of rotatable bonds is 5. The van der Waals surface area contributed by atoms with Crippen LogP contribution in [-0.2, 0) is 9.59 Å². The number of primary amides is 1. The van der Waals surface area contributed by atoms with Gasteiger partial charge in [-0.05, 0) is 26.0 Å². The summed E-state index contributed by atoms with van der Waals surface area (Å²) in [6, 6.07) is 5.02. The topological polar surface area (TPSA) is 107 Å². The second-order valence-corrected chi connectivity index (χ2v) is 5.71. The van der Waals surface area contributed by atoms with Gasteiger partial charge in [0, 0.05) is 15.0 Å². The molecule has 1 atom stereocenters. The Morgan fingerprint density at radius 2 is 2.00 bits per heavy atom. The molecule has 2 rings (SSSR count). The average Bonchev–Trinajstić information content (AvgIpc) is 2.74. The van der Waals surface area contributed by atoms with E-state index in [0.29, 0.717) is 10.3 Å². The lowest BCUT2D eigenvalue weighted by Crippen LogP contribution is -2.24. The number of Topliss-reactive ketones (excluding diaryl/α,β-unsaturated/α-hetero) is 1. The van der Waals surface area contributed by atoms with Crippen molar-refractivity contribution in [1.29, 1.82) is 0 Å². The predicted octanol–water partition coefficient (Wildman–Crippen LogP) is 1.73. The Bertz CT molecular complexity index is 749. The lowest BCUT2D eigenvalue weighted by Gasteiger charge is -2.12. The van der Waals surface area contributed by atoms with E-state index in [9.17, 15) is 14.4 Å². The number of fused-ring (bicyclic) bond motifs is 1. The van der Waals surface area contributed by atoms with Gasteiger partial charge in [0.1, 0.15) is 5.75 Å². The zero-order valence-electron chi connectivity index (χ0n) is 11.4. The molecule has 1 aromatic carbocycles. The van der Waals surface area contributed by atoms with Crippen molar-refractivity contribution in [1.82, 2.24) is 0 Å². The van der Waals surface area contributed by atoms with E-state index >= 15 is 0 Å². The third-order valence-electron chi connectivity index (χ3n) is 2.96. The highest BCUT2D eigenvalue weighted by Gasteiger charge is 2.24. The summed E-state index contributed by atoms with van der Waals surface area (Å²) in [5.74, 6) is -2.74.